The zero-order valence-electron chi connectivity index (χ0n) is 17.4. The molecule has 0 aliphatic rings. The van der Waals surface area contributed by atoms with Gasteiger partial charge in [0.25, 0.3) is 0 Å². The molecule has 164 valence electrons. The van der Waals surface area contributed by atoms with E-state index in [0.717, 1.165) is 0 Å². The number of hydrogen-bond donors (Lipinski definition) is 0. The molecule has 0 amide bonds. The minimum atomic E-state index is -3.99. The highest BCUT2D eigenvalue weighted by Crippen LogP contribution is 2.61. The monoisotopic (exact) mass is 475 g/mol. The maximum absolute atomic E-state index is 14.7. The minimum Gasteiger partial charge on any atom is -0.414 e. The summed E-state index contributed by atoms with van der Waals surface area (Å²) < 4.78 is 28.6. The summed E-state index contributed by atoms with van der Waals surface area (Å²) in [5.74, 6) is -0.0946. The van der Waals surface area contributed by atoms with Crippen molar-refractivity contribution in [3.8, 4) is 11.5 Å². The van der Waals surface area contributed by atoms with Crippen LogP contribution in [-0.4, -0.2) is 15.0 Å². The van der Waals surface area contributed by atoms with E-state index >= 15 is 0 Å². The van der Waals surface area contributed by atoms with E-state index in [1.165, 1.54) is 0 Å². The van der Waals surface area contributed by atoms with Gasteiger partial charge in [0.2, 0.25) is 5.78 Å². The lowest BCUT2D eigenvalue weighted by Gasteiger charge is -2.28. The molecular weight excluding hydrogens is 457 g/mol. The first-order valence-corrected chi connectivity index (χ1v) is 12.3. The molecule has 1 aromatic heterocycles. The van der Waals surface area contributed by atoms with E-state index in [2.05, 4.69) is 10.3 Å². The fraction of sp³-hybridized carbons (Fsp3) is 0.0400. The van der Waals surface area contributed by atoms with Crippen LogP contribution >= 0.6 is 19.2 Å². The molecule has 0 aliphatic heterocycles. The molecule has 5 aromatic rings. The normalized spacial score (nSPS) is 12.4. The maximum Gasteiger partial charge on any atom is 0.459 e. The molecule has 1 atom stereocenters. The number of hydrogen-bond acceptors (Lipinski definition) is 5. The van der Waals surface area contributed by atoms with E-state index in [-0.39, 0.29) is 0 Å². The molecular formula is C25H19ClN3O3P. The van der Waals surface area contributed by atoms with Gasteiger partial charge in [-0.25, -0.2) is 9.25 Å². The molecule has 0 N–H and O–H groups in total. The van der Waals surface area contributed by atoms with Crippen molar-refractivity contribution < 1.29 is 13.6 Å². The predicted molar refractivity (Wildman–Crippen MR) is 129 cm³/mol. The van der Waals surface area contributed by atoms with Crippen LogP contribution in [0.2, 0.25) is 5.02 Å². The van der Waals surface area contributed by atoms with E-state index in [4.69, 9.17) is 20.6 Å². The van der Waals surface area contributed by atoms with Crippen LogP contribution in [0.5, 0.6) is 11.5 Å². The highest BCUT2D eigenvalue weighted by molar-refractivity contribution is 7.55. The van der Waals surface area contributed by atoms with Crippen molar-refractivity contribution in [1.29, 1.82) is 0 Å². The van der Waals surface area contributed by atoms with E-state index in [9.17, 15) is 4.57 Å². The smallest absolute Gasteiger partial charge is 0.414 e. The average Bonchev–Trinajstić information content (AvgIpc) is 3.25. The van der Waals surface area contributed by atoms with E-state index in [1.54, 1.807) is 53.2 Å². The summed E-state index contributed by atoms with van der Waals surface area (Å²) in [6.07, 6.45) is 0. The molecule has 8 heteroatoms. The third-order valence-corrected chi connectivity index (χ3v) is 7.33. The lowest BCUT2D eigenvalue weighted by atomic mass is 10.2. The summed E-state index contributed by atoms with van der Waals surface area (Å²) in [6, 6.07) is 32.4. The van der Waals surface area contributed by atoms with Gasteiger partial charge in [-0.3, -0.25) is 0 Å². The van der Waals surface area contributed by atoms with Gasteiger partial charge in [-0.05, 0) is 54.1 Å². The Morgan fingerprint density at radius 1 is 0.727 bits per heavy atom. The standard InChI is InChI=1S/C25H19ClN3O3P/c26-20-17-15-19(16-18-20)25(29-24-14-8-7-13-23(24)27-28-29)33(30,31-21-9-3-1-4-10-21)32-22-11-5-2-6-12-22/h1-18,25H/t25-/m0/s1. The highest BCUT2D eigenvalue weighted by Gasteiger charge is 2.44. The summed E-state index contributed by atoms with van der Waals surface area (Å²) in [6.45, 7) is 0. The fourth-order valence-corrected chi connectivity index (χ4v) is 5.71. The molecule has 5 rings (SSSR count). The molecule has 0 saturated heterocycles. The topological polar surface area (TPSA) is 66.2 Å². The van der Waals surface area contributed by atoms with E-state index in [0.29, 0.717) is 33.1 Å². The fourth-order valence-electron chi connectivity index (χ4n) is 3.54. The molecule has 0 radical (unpaired) electrons. The Labute approximate surface area is 195 Å². The summed E-state index contributed by atoms with van der Waals surface area (Å²) in [5, 5.41) is 9.17. The molecule has 0 fully saturated rings. The molecule has 33 heavy (non-hydrogen) atoms. The highest BCUT2D eigenvalue weighted by atomic mass is 35.5. The van der Waals surface area contributed by atoms with E-state index < -0.39 is 13.4 Å². The summed E-state index contributed by atoms with van der Waals surface area (Å²) in [5.41, 5.74) is 2.03. The van der Waals surface area contributed by atoms with Crippen molar-refractivity contribution in [2.45, 2.75) is 5.78 Å². The molecule has 0 spiro atoms. The summed E-state index contributed by atoms with van der Waals surface area (Å²) >= 11 is 6.14. The minimum absolute atomic E-state index is 0.417. The van der Waals surface area contributed by atoms with Gasteiger partial charge in [-0.2, -0.15) is 0 Å². The number of fused-ring (bicyclic) bond motifs is 1. The van der Waals surface area contributed by atoms with Crippen molar-refractivity contribution in [2.75, 3.05) is 0 Å². The van der Waals surface area contributed by atoms with E-state index in [1.807, 2.05) is 60.7 Å². The van der Waals surface area contributed by atoms with Crippen LogP contribution in [0.15, 0.2) is 109 Å². The molecule has 0 unspecified atom stereocenters. The Hall–Kier alpha value is -3.60. The lowest BCUT2D eigenvalue weighted by molar-refractivity contribution is 0.360. The first-order valence-electron chi connectivity index (χ1n) is 10.3. The number of benzene rings is 4. The van der Waals surface area contributed by atoms with Crippen molar-refractivity contribution >= 4 is 30.2 Å². The molecule has 0 bridgehead atoms. The van der Waals surface area contributed by atoms with Gasteiger partial charge in [-0.15, -0.1) is 5.10 Å². The van der Waals surface area contributed by atoms with Crippen molar-refractivity contribution in [3.05, 3.63) is 120 Å². The number of rotatable bonds is 7. The zero-order chi connectivity index (χ0) is 22.7. The summed E-state index contributed by atoms with van der Waals surface area (Å²) in [4.78, 5) is 0. The molecule has 4 aromatic carbocycles. The second-order valence-corrected chi connectivity index (χ2v) is 9.67. The third-order valence-electron chi connectivity index (χ3n) is 5.03. The number of para-hydroxylation sites is 3. The first-order chi connectivity index (χ1) is 16.1. The maximum atomic E-state index is 14.7. The van der Waals surface area contributed by atoms with Gasteiger partial charge in [0.1, 0.15) is 17.0 Å². The second kappa shape index (κ2) is 9.10. The van der Waals surface area contributed by atoms with Crippen molar-refractivity contribution in [2.24, 2.45) is 0 Å². The van der Waals surface area contributed by atoms with Gasteiger partial charge in [0.15, 0.2) is 0 Å². The molecule has 0 saturated carbocycles. The van der Waals surface area contributed by atoms with Gasteiger partial charge >= 0.3 is 7.60 Å². The van der Waals surface area contributed by atoms with Crippen LogP contribution in [0.25, 0.3) is 11.0 Å². The Balaban J connectivity index is 1.71. The largest absolute Gasteiger partial charge is 0.459 e. The lowest BCUT2D eigenvalue weighted by Crippen LogP contribution is -2.19. The SMILES string of the molecule is O=P(Oc1ccccc1)(Oc1ccccc1)[C@@H](c1ccc(Cl)cc1)n1nnc2ccccc21. The Morgan fingerprint density at radius 3 is 1.88 bits per heavy atom. The number of aromatic nitrogens is 3. The number of halogens is 1. The second-order valence-electron chi connectivity index (χ2n) is 7.30. The summed E-state index contributed by atoms with van der Waals surface area (Å²) in [7, 11) is -3.99. The zero-order valence-corrected chi connectivity index (χ0v) is 19.0. The third kappa shape index (κ3) is 4.49. The van der Waals surface area contributed by atoms with Gasteiger partial charge in [0.05, 0.1) is 5.52 Å². The van der Waals surface area contributed by atoms with Crippen LogP contribution < -0.4 is 9.05 Å². The predicted octanol–water partition coefficient (Wildman–Crippen LogP) is 6.98. The molecule has 0 aliphatic carbocycles. The van der Waals surface area contributed by atoms with Crippen molar-refractivity contribution in [3.63, 3.8) is 0 Å². The Morgan fingerprint density at radius 2 is 1.27 bits per heavy atom. The van der Waals surface area contributed by atoms with Crippen LogP contribution in [-0.2, 0) is 4.57 Å². The Bertz CT molecular complexity index is 1360. The van der Waals surface area contributed by atoms with Crippen LogP contribution in [0.1, 0.15) is 11.3 Å². The van der Waals surface area contributed by atoms with Gasteiger partial charge < -0.3 is 9.05 Å². The average molecular weight is 476 g/mol. The van der Waals surface area contributed by atoms with Crippen LogP contribution in [0.4, 0.5) is 0 Å². The van der Waals surface area contributed by atoms with Crippen LogP contribution in [0, 0.1) is 0 Å². The van der Waals surface area contributed by atoms with Gasteiger partial charge in [0, 0.05) is 5.02 Å². The van der Waals surface area contributed by atoms with Crippen LogP contribution in [0.3, 0.4) is 0 Å². The first kappa shape index (κ1) is 21.3. The molecule has 1 heterocycles. The Kier molecular flexibility index (Phi) is 5.86. The molecule has 6 nitrogen and oxygen atoms in total. The van der Waals surface area contributed by atoms with Crippen molar-refractivity contribution in [1.82, 2.24) is 15.0 Å². The van der Waals surface area contributed by atoms with Gasteiger partial charge in [-0.1, -0.05) is 77.5 Å². The number of nitrogens with zero attached hydrogens (tertiary/aromatic N) is 3. The quantitative estimate of drug-likeness (QED) is 0.237.